The first kappa shape index (κ1) is 20.1. The van der Waals surface area contributed by atoms with Crippen molar-refractivity contribution in [1.29, 1.82) is 0 Å². The molecule has 4 heterocycles. The molecule has 31 heavy (non-hydrogen) atoms. The molecule has 4 aromatic rings. The van der Waals surface area contributed by atoms with Crippen molar-refractivity contribution >= 4 is 40.4 Å². The number of nitrogens with two attached hydrogens (primary N) is 1. The minimum absolute atomic E-state index is 0.519. The van der Waals surface area contributed by atoms with E-state index in [2.05, 4.69) is 25.3 Å². The highest BCUT2D eigenvalue weighted by molar-refractivity contribution is 6.42. The summed E-state index contributed by atoms with van der Waals surface area (Å²) in [5.74, 6) is 1.03. The Bertz CT molecular complexity index is 1220. The van der Waals surface area contributed by atoms with Gasteiger partial charge in [-0.15, -0.1) is 0 Å². The molecule has 158 valence electrons. The molecule has 0 unspecified atom stereocenters. The smallest absolute Gasteiger partial charge is 0.137 e. The Labute approximate surface area is 190 Å². The molecule has 3 aromatic heterocycles. The second-order valence-electron chi connectivity index (χ2n) is 7.68. The lowest BCUT2D eigenvalue weighted by atomic mass is 10.1. The van der Waals surface area contributed by atoms with Gasteiger partial charge in [0.25, 0.3) is 0 Å². The van der Waals surface area contributed by atoms with Gasteiger partial charge in [-0.1, -0.05) is 35.3 Å². The van der Waals surface area contributed by atoms with Crippen molar-refractivity contribution in [3.8, 4) is 11.3 Å². The maximum absolute atomic E-state index is 6.30. The molecule has 5 rings (SSSR count). The molecule has 6 nitrogen and oxygen atoms in total. The molecule has 0 spiro atoms. The number of rotatable bonds is 4. The summed E-state index contributed by atoms with van der Waals surface area (Å²) in [7, 11) is 0. The Hall–Kier alpha value is -2.80. The van der Waals surface area contributed by atoms with Crippen LogP contribution in [0.5, 0.6) is 0 Å². The number of benzene rings is 1. The lowest BCUT2D eigenvalue weighted by molar-refractivity contribution is 0.246. The monoisotopic (exact) mass is 452 g/mol. The zero-order valence-corrected chi connectivity index (χ0v) is 18.4. The highest BCUT2D eigenvalue weighted by Gasteiger charge is 2.22. The number of pyridine rings is 2. The molecular weight excluding hydrogens is 431 g/mol. The fourth-order valence-electron chi connectivity index (χ4n) is 4.02. The molecule has 1 aliphatic heterocycles. The van der Waals surface area contributed by atoms with Crippen LogP contribution in [0.15, 0.2) is 60.9 Å². The summed E-state index contributed by atoms with van der Waals surface area (Å²) in [6, 6.07) is 15.5. The lowest BCUT2D eigenvalue weighted by Crippen LogP contribution is -2.46. The average Bonchev–Trinajstić information content (AvgIpc) is 3.14. The van der Waals surface area contributed by atoms with Crippen molar-refractivity contribution < 1.29 is 0 Å². The molecule has 0 aliphatic carbocycles. The number of fused-ring (bicyclic) bond motifs is 1. The van der Waals surface area contributed by atoms with Crippen LogP contribution in [0.25, 0.3) is 16.9 Å². The van der Waals surface area contributed by atoms with Gasteiger partial charge in [-0.25, -0.2) is 9.97 Å². The summed E-state index contributed by atoms with van der Waals surface area (Å²) in [5.41, 5.74) is 10.6. The van der Waals surface area contributed by atoms with Crippen LogP contribution in [0.3, 0.4) is 0 Å². The number of piperazine rings is 1. The number of hydrogen-bond acceptors (Lipinski definition) is 5. The van der Waals surface area contributed by atoms with Crippen LogP contribution in [0.4, 0.5) is 11.5 Å². The first-order valence-corrected chi connectivity index (χ1v) is 10.9. The Morgan fingerprint density at radius 3 is 2.52 bits per heavy atom. The first-order chi connectivity index (χ1) is 15.1. The summed E-state index contributed by atoms with van der Waals surface area (Å²) in [5, 5.41) is 1.05. The third-order valence-electron chi connectivity index (χ3n) is 5.65. The molecule has 1 aliphatic rings. The van der Waals surface area contributed by atoms with Crippen molar-refractivity contribution in [1.82, 2.24) is 19.3 Å². The van der Waals surface area contributed by atoms with Gasteiger partial charge in [-0.2, -0.15) is 0 Å². The highest BCUT2D eigenvalue weighted by atomic mass is 35.5. The molecule has 0 bridgehead atoms. The minimum Gasteiger partial charge on any atom is -0.398 e. The highest BCUT2D eigenvalue weighted by Crippen LogP contribution is 2.31. The van der Waals surface area contributed by atoms with E-state index in [1.165, 1.54) is 0 Å². The maximum Gasteiger partial charge on any atom is 0.137 e. The summed E-state index contributed by atoms with van der Waals surface area (Å²) in [6.07, 6.45) is 3.77. The van der Waals surface area contributed by atoms with Gasteiger partial charge in [-0.3, -0.25) is 4.90 Å². The quantitative estimate of drug-likeness (QED) is 0.489. The van der Waals surface area contributed by atoms with Crippen molar-refractivity contribution in [2.45, 2.75) is 6.54 Å². The Morgan fingerprint density at radius 1 is 0.935 bits per heavy atom. The zero-order valence-electron chi connectivity index (χ0n) is 16.9. The molecule has 1 aromatic carbocycles. The molecule has 1 saturated heterocycles. The second-order valence-corrected chi connectivity index (χ2v) is 8.49. The predicted octanol–water partition coefficient (Wildman–Crippen LogP) is 4.61. The van der Waals surface area contributed by atoms with Gasteiger partial charge in [0.15, 0.2) is 0 Å². The van der Waals surface area contributed by atoms with E-state index >= 15 is 0 Å². The SMILES string of the molecule is Nc1ccc2nc(-c3ccc(Cl)c(Cl)c3)c(CN3CCN(c4ccccn4)CC3)n2c1. The van der Waals surface area contributed by atoms with Gasteiger partial charge in [0.1, 0.15) is 11.5 Å². The largest absolute Gasteiger partial charge is 0.398 e. The Morgan fingerprint density at radius 2 is 1.77 bits per heavy atom. The van der Waals surface area contributed by atoms with Crippen molar-refractivity contribution in [2.24, 2.45) is 0 Å². The van der Waals surface area contributed by atoms with E-state index < -0.39 is 0 Å². The molecule has 0 saturated carbocycles. The van der Waals surface area contributed by atoms with Crippen molar-refractivity contribution in [3.63, 3.8) is 0 Å². The van der Waals surface area contributed by atoms with Crippen LogP contribution >= 0.6 is 23.2 Å². The molecule has 8 heteroatoms. The molecule has 2 N–H and O–H groups in total. The molecule has 0 amide bonds. The molecule has 0 atom stereocenters. The average molecular weight is 453 g/mol. The van der Waals surface area contributed by atoms with E-state index in [1.807, 2.05) is 54.9 Å². The normalized spacial score (nSPS) is 15.0. The van der Waals surface area contributed by atoms with Crippen LogP contribution in [-0.4, -0.2) is 45.4 Å². The van der Waals surface area contributed by atoms with E-state index in [4.69, 9.17) is 33.9 Å². The molecule has 1 fully saturated rings. The van der Waals surface area contributed by atoms with Crippen LogP contribution in [0.2, 0.25) is 10.0 Å². The van der Waals surface area contributed by atoms with Gasteiger partial charge in [0.2, 0.25) is 0 Å². The Balaban J connectivity index is 1.45. The number of hydrogen-bond donors (Lipinski definition) is 1. The van der Waals surface area contributed by atoms with E-state index in [9.17, 15) is 0 Å². The Kier molecular flexibility index (Phi) is 5.44. The van der Waals surface area contributed by atoms with Gasteiger partial charge in [-0.05, 0) is 36.4 Å². The van der Waals surface area contributed by atoms with Gasteiger partial charge in [0.05, 0.1) is 21.4 Å². The number of halogens is 2. The summed E-state index contributed by atoms with van der Waals surface area (Å²) in [4.78, 5) is 14.1. The molecular formula is C23H22Cl2N6. The van der Waals surface area contributed by atoms with E-state index in [1.54, 1.807) is 0 Å². The number of nitrogen functional groups attached to an aromatic ring is 1. The van der Waals surface area contributed by atoms with Crippen LogP contribution in [0, 0.1) is 0 Å². The zero-order chi connectivity index (χ0) is 21.4. The number of anilines is 2. The first-order valence-electron chi connectivity index (χ1n) is 10.2. The standard InChI is InChI=1S/C23H22Cl2N6/c24-18-6-4-16(13-19(18)25)23-20(31-14-17(26)5-7-22(31)28-23)15-29-9-11-30(12-10-29)21-3-1-2-8-27-21/h1-8,13-14H,9-12,15,26H2. The third-order valence-corrected chi connectivity index (χ3v) is 6.39. The summed E-state index contributed by atoms with van der Waals surface area (Å²) in [6.45, 7) is 4.49. The fraction of sp³-hybridized carbons (Fsp3) is 0.217. The van der Waals surface area contributed by atoms with Crippen LogP contribution in [0.1, 0.15) is 5.69 Å². The fourth-order valence-corrected chi connectivity index (χ4v) is 4.32. The number of aromatic nitrogens is 3. The van der Waals surface area contributed by atoms with Gasteiger partial charge in [0, 0.05) is 56.4 Å². The minimum atomic E-state index is 0.519. The number of nitrogens with zero attached hydrogens (tertiary/aromatic N) is 5. The topological polar surface area (TPSA) is 62.7 Å². The van der Waals surface area contributed by atoms with Crippen LogP contribution in [-0.2, 0) is 6.54 Å². The van der Waals surface area contributed by atoms with E-state index in [0.717, 1.165) is 61.1 Å². The van der Waals surface area contributed by atoms with Crippen LogP contribution < -0.4 is 10.6 Å². The van der Waals surface area contributed by atoms with Gasteiger partial charge >= 0.3 is 0 Å². The van der Waals surface area contributed by atoms with Gasteiger partial charge < -0.3 is 15.0 Å². The van der Waals surface area contributed by atoms with E-state index in [-0.39, 0.29) is 0 Å². The maximum atomic E-state index is 6.30. The third kappa shape index (κ3) is 4.06. The second kappa shape index (κ2) is 8.38. The lowest BCUT2D eigenvalue weighted by Gasteiger charge is -2.35. The summed E-state index contributed by atoms with van der Waals surface area (Å²) >= 11 is 12.4. The van der Waals surface area contributed by atoms with E-state index in [0.29, 0.717) is 15.7 Å². The predicted molar refractivity (Wildman–Crippen MR) is 127 cm³/mol. The van der Waals surface area contributed by atoms with Crippen molar-refractivity contribution in [3.05, 3.63) is 76.7 Å². The number of imidazole rings is 1. The molecule has 0 radical (unpaired) electrons. The van der Waals surface area contributed by atoms with Crippen molar-refractivity contribution in [2.75, 3.05) is 36.8 Å². The summed E-state index contributed by atoms with van der Waals surface area (Å²) < 4.78 is 2.08.